The molecule has 2 rings (SSSR count). The van der Waals surface area contributed by atoms with Crippen molar-refractivity contribution in [1.82, 2.24) is 4.90 Å². The smallest absolute Gasteiger partial charge is 0.0932 e. The van der Waals surface area contributed by atoms with Crippen LogP contribution in [-0.2, 0) is 4.74 Å². The number of rotatable bonds is 3. The van der Waals surface area contributed by atoms with Crippen molar-refractivity contribution in [2.24, 2.45) is 11.7 Å². The fourth-order valence-corrected chi connectivity index (χ4v) is 2.68. The molecule has 0 aromatic heterocycles. The van der Waals surface area contributed by atoms with Gasteiger partial charge in [0, 0.05) is 25.7 Å². The van der Waals surface area contributed by atoms with Crippen LogP contribution in [0.2, 0.25) is 0 Å². The second-order valence-corrected chi connectivity index (χ2v) is 4.79. The van der Waals surface area contributed by atoms with Gasteiger partial charge in [-0.2, -0.15) is 0 Å². The second kappa shape index (κ2) is 5.25. The Morgan fingerprint density at radius 3 is 2.93 bits per heavy atom. The Hall–Kier alpha value is -0.160. The van der Waals surface area contributed by atoms with E-state index >= 15 is 0 Å². The molecule has 3 unspecified atom stereocenters. The summed E-state index contributed by atoms with van der Waals surface area (Å²) in [6.07, 6.45) is 3.73. The molecule has 4 nitrogen and oxygen atoms in total. The van der Waals surface area contributed by atoms with E-state index in [2.05, 4.69) is 4.90 Å². The lowest BCUT2D eigenvalue weighted by atomic mass is 10.0. The molecule has 1 aliphatic heterocycles. The summed E-state index contributed by atoms with van der Waals surface area (Å²) in [6.45, 7) is 3.81. The van der Waals surface area contributed by atoms with Gasteiger partial charge >= 0.3 is 0 Å². The summed E-state index contributed by atoms with van der Waals surface area (Å²) in [5.41, 5.74) is 6.06. The number of morpholine rings is 1. The molecule has 0 radical (unpaired) electrons. The van der Waals surface area contributed by atoms with Gasteiger partial charge in [-0.25, -0.2) is 0 Å². The van der Waals surface area contributed by atoms with Crippen LogP contribution in [0.25, 0.3) is 0 Å². The zero-order chi connectivity index (χ0) is 10.7. The van der Waals surface area contributed by atoms with E-state index in [0.717, 1.165) is 26.2 Å². The number of aliphatic hydroxyl groups excluding tert-OH is 1. The summed E-state index contributed by atoms with van der Waals surface area (Å²) in [5, 5.41) is 9.05. The molecule has 4 heteroatoms. The molecule has 1 aliphatic carbocycles. The summed E-state index contributed by atoms with van der Waals surface area (Å²) in [7, 11) is 0. The zero-order valence-electron chi connectivity index (χ0n) is 9.27. The fourth-order valence-electron chi connectivity index (χ4n) is 2.68. The largest absolute Gasteiger partial charge is 0.394 e. The molecule has 2 aliphatic rings. The van der Waals surface area contributed by atoms with Gasteiger partial charge in [0.25, 0.3) is 0 Å². The highest BCUT2D eigenvalue weighted by atomic mass is 16.5. The fraction of sp³-hybridized carbons (Fsp3) is 1.00. The Kier molecular flexibility index (Phi) is 3.97. The Balaban J connectivity index is 1.78. The number of nitrogens with zero attached hydrogens (tertiary/aromatic N) is 1. The first-order chi connectivity index (χ1) is 7.29. The molecule has 0 aromatic carbocycles. The highest BCUT2D eigenvalue weighted by Crippen LogP contribution is 2.25. The molecule has 3 N–H and O–H groups in total. The standard InChI is InChI=1S/C11H22N2O2/c12-11-3-1-2-9(11)6-13-4-5-15-10(7-13)8-14/h9-11,14H,1-8,12H2. The van der Waals surface area contributed by atoms with Crippen molar-refractivity contribution in [2.45, 2.75) is 31.4 Å². The minimum atomic E-state index is 0.0105. The highest BCUT2D eigenvalue weighted by Gasteiger charge is 2.28. The van der Waals surface area contributed by atoms with E-state index < -0.39 is 0 Å². The van der Waals surface area contributed by atoms with Gasteiger partial charge in [0.05, 0.1) is 19.3 Å². The number of nitrogens with two attached hydrogens (primary N) is 1. The van der Waals surface area contributed by atoms with Crippen molar-refractivity contribution in [3.05, 3.63) is 0 Å². The predicted molar refractivity (Wildman–Crippen MR) is 58.6 cm³/mol. The Bertz CT molecular complexity index is 201. The maximum absolute atomic E-state index is 9.05. The van der Waals surface area contributed by atoms with Gasteiger partial charge in [0.15, 0.2) is 0 Å². The Labute approximate surface area is 91.4 Å². The van der Waals surface area contributed by atoms with E-state index in [-0.39, 0.29) is 12.7 Å². The van der Waals surface area contributed by atoms with E-state index in [0.29, 0.717) is 12.0 Å². The lowest BCUT2D eigenvalue weighted by Gasteiger charge is -2.34. The quantitative estimate of drug-likeness (QED) is 0.683. The van der Waals surface area contributed by atoms with E-state index in [1.165, 1.54) is 19.3 Å². The molecular weight excluding hydrogens is 192 g/mol. The predicted octanol–water partition coefficient (Wildman–Crippen LogP) is -0.193. The van der Waals surface area contributed by atoms with Crippen LogP contribution in [0, 0.1) is 5.92 Å². The average molecular weight is 214 g/mol. The third-order valence-electron chi connectivity index (χ3n) is 3.64. The first-order valence-electron chi connectivity index (χ1n) is 6.00. The Morgan fingerprint density at radius 2 is 2.27 bits per heavy atom. The van der Waals surface area contributed by atoms with Crippen LogP contribution in [0.3, 0.4) is 0 Å². The molecule has 3 atom stereocenters. The average Bonchev–Trinajstić information content (AvgIpc) is 2.65. The van der Waals surface area contributed by atoms with Crippen LogP contribution in [0.5, 0.6) is 0 Å². The summed E-state index contributed by atoms with van der Waals surface area (Å²) in [5.74, 6) is 0.655. The number of hydrogen-bond acceptors (Lipinski definition) is 4. The zero-order valence-corrected chi connectivity index (χ0v) is 9.27. The van der Waals surface area contributed by atoms with Gasteiger partial charge in [0.2, 0.25) is 0 Å². The van der Waals surface area contributed by atoms with Crippen molar-refractivity contribution in [3.63, 3.8) is 0 Å². The van der Waals surface area contributed by atoms with Gasteiger partial charge in [-0.3, -0.25) is 4.90 Å². The number of ether oxygens (including phenoxy) is 1. The van der Waals surface area contributed by atoms with Crippen LogP contribution in [0.1, 0.15) is 19.3 Å². The molecule has 88 valence electrons. The molecule has 0 amide bonds. The molecule has 0 spiro atoms. The maximum Gasteiger partial charge on any atom is 0.0932 e. The van der Waals surface area contributed by atoms with Crippen molar-refractivity contribution in [2.75, 3.05) is 32.8 Å². The normalized spacial score (nSPS) is 38.4. The van der Waals surface area contributed by atoms with Gasteiger partial charge in [-0.05, 0) is 18.8 Å². The van der Waals surface area contributed by atoms with Gasteiger partial charge in [-0.15, -0.1) is 0 Å². The van der Waals surface area contributed by atoms with Crippen molar-refractivity contribution >= 4 is 0 Å². The first-order valence-corrected chi connectivity index (χ1v) is 6.00. The van der Waals surface area contributed by atoms with Gasteiger partial charge < -0.3 is 15.6 Å². The summed E-state index contributed by atoms with van der Waals surface area (Å²) in [4.78, 5) is 2.39. The second-order valence-electron chi connectivity index (χ2n) is 4.79. The van der Waals surface area contributed by atoms with Crippen molar-refractivity contribution in [1.29, 1.82) is 0 Å². The number of hydrogen-bond donors (Lipinski definition) is 2. The first kappa shape index (κ1) is 11.3. The van der Waals surface area contributed by atoms with Crippen LogP contribution in [0.4, 0.5) is 0 Å². The van der Waals surface area contributed by atoms with Crippen molar-refractivity contribution in [3.8, 4) is 0 Å². The molecule has 0 bridgehead atoms. The monoisotopic (exact) mass is 214 g/mol. The van der Waals surface area contributed by atoms with Crippen LogP contribution < -0.4 is 5.73 Å². The summed E-state index contributed by atoms with van der Waals surface area (Å²) in [6, 6.07) is 0.389. The molecule has 1 heterocycles. The van der Waals surface area contributed by atoms with E-state index in [4.69, 9.17) is 15.6 Å². The van der Waals surface area contributed by atoms with E-state index in [9.17, 15) is 0 Å². The molecule has 15 heavy (non-hydrogen) atoms. The third-order valence-corrected chi connectivity index (χ3v) is 3.64. The molecular formula is C11H22N2O2. The van der Waals surface area contributed by atoms with Crippen molar-refractivity contribution < 1.29 is 9.84 Å². The third kappa shape index (κ3) is 2.91. The molecule has 1 saturated carbocycles. The Morgan fingerprint density at radius 1 is 1.40 bits per heavy atom. The van der Waals surface area contributed by atoms with E-state index in [1.54, 1.807) is 0 Å². The maximum atomic E-state index is 9.05. The molecule has 1 saturated heterocycles. The SMILES string of the molecule is NC1CCCC1CN1CCOC(CO)C1. The minimum Gasteiger partial charge on any atom is -0.394 e. The lowest BCUT2D eigenvalue weighted by Crippen LogP contribution is -2.47. The van der Waals surface area contributed by atoms with Crippen LogP contribution in [-0.4, -0.2) is 55.0 Å². The lowest BCUT2D eigenvalue weighted by molar-refractivity contribution is -0.0563. The summed E-state index contributed by atoms with van der Waals surface area (Å²) < 4.78 is 5.43. The molecule has 0 aromatic rings. The highest BCUT2D eigenvalue weighted by molar-refractivity contribution is 4.84. The number of aliphatic hydroxyl groups is 1. The topological polar surface area (TPSA) is 58.7 Å². The van der Waals surface area contributed by atoms with Gasteiger partial charge in [0.1, 0.15) is 0 Å². The van der Waals surface area contributed by atoms with E-state index in [1.807, 2.05) is 0 Å². The van der Waals surface area contributed by atoms with Crippen LogP contribution in [0.15, 0.2) is 0 Å². The minimum absolute atomic E-state index is 0.0105. The summed E-state index contributed by atoms with van der Waals surface area (Å²) >= 11 is 0. The van der Waals surface area contributed by atoms with Crippen LogP contribution >= 0.6 is 0 Å². The molecule has 2 fully saturated rings. The van der Waals surface area contributed by atoms with Gasteiger partial charge in [-0.1, -0.05) is 6.42 Å².